The van der Waals surface area contributed by atoms with Crippen LogP contribution >= 0.6 is 0 Å². The molecule has 2 aromatic carbocycles. The van der Waals surface area contributed by atoms with Crippen LogP contribution in [-0.2, 0) is 0 Å². The molecule has 2 aliphatic rings. The van der Waals surface area contributed by atoms with Crippen molar-refractivity contribution in [1.82, 2.24) is 9.80 Å². The molecule has 2 heterocycles. The van der Waals surface area contributed by atoms with Crippen molar-refractivity contribution in [2.45, 2.75) is 6.10 Å². The number of fused-ring (bicyclic) bond motifs is 2. The molecular weight excluding hydrogens is 336 g/mol. The lowest BCUT2D eigenvalue weighted by atomic mass is 10.1. The lowest BCUT2D eigenvalue weighted by Gasteiger charge is -2.22. The highest BCUT2D eigenvalue weighted by molar-refractivity contribution is 6.22. The van der Waals surface area contributed by atoms with E-state index in [0.29, 0.717) is 0 Å². The minimum Gasteiger partial charge on any atom is -0.389 e. The molecule has 2 aliphatic heterocycles. The van der Waals surface area contributed by atoms with Gasteiger partial charge in [-0.25, -0.2) is 0 Å². The Morgan fingerprint density at radius 1 is 0.615 bits per heavy atom. The molecular formula is C19H14N2O5. The smallest absolute Gasteiger partial charge is 0.261 e. The van der Waals surface area contributed by atoms with Crippen LogP contribution < -0.4 is 0 Å². The summed E-state index contributed by atoms with van der Waals surface area (Å²) in [6.07, 6.45) is -1.24. The van der Waals surface area contributed by atoms with Crippen LogP contribution in [0, 0.1) is 0 Å². The molecule has 0 radical (unpaired) electrons. The van der Waals surface area contributed by atoms with Gasteiger partial charge in [0, 0.05) is 0 Å². The van der Waals surface area contributed by atoms with Crippen molar-refractivity contribution in [3.05, 3.63) is 70.8 Å². The van der Waals surface area contributed by atoms with Crippen LogP contribution in [0.3, 0.4) is 0 Å². The second-order valence-corrected chi connectivity index (χ2v) is 6.19. The monoisotopic (exact) mass is 350 g/mol. The molecule has 0 atom stereocenters. The zero-order valence-corrected chi connectivity index (χ0v) is 13.6. The lowest BCUT2D eigenvalue weighted by Crippen LogP contribution is -2.44. The number of aliphatic hydroxyl groups is 1. The molecule has 0 unspecified atom stereocenters. The van der Waals surface area contributed by atoms with Crippen LogP contribution in [0.5, 0.6) is 0 Å². The number of hydrogen-bond acceptors (Lipinski definition) is 5. The maximum atomic E-state index is 12.3. The third kappa shape index (κ3) is 2.33. The average Bonchev–Trinajstić information content (AvgIpc) is 3.03. The molecule has 1 N–H and O–H groups in total. The summed E-state index contributed by atoms with van der Waals surface area (Å²) in [5.41, 5.74) is 1.13. The van der Waals surface area contributed by atoms with Gasteiger partial charge in [0.25, 0.3) is 23.6 Å². The number of imide groups is 2. The van der Waals surface area contributed by atoms with Gasteiger partial charge in [-0.2, -0.15) is 0 Å². The van der Waals surface area contributed by atoms with Crippen LogP contribution in [-0.4, -0.2) is 57.7 Å². The maximum absolute atomic E-state index is 12.3. The fourth-order valence-electron chi connectivity index (χ4n) is 3.29. The zero-order chi connectivity index (χ0) is 18.4. The van der Waals surface area contributed by atoms with Gasteiger partial charge >= 0.3 is 0 Å². The van der Waals surface area contributed by atoms with Crippen LogP contribution in [0.2, 0.25) is 0 Å². The highest BCUT2D eigenvalue weighted by Crippen LogP contribution is 2.25. The molecule has 0 saturated heterocycles. The summed E-state index contributed by atoms with van der Waals surface area (Å²) >= 11 is 0. The quantitative estimate of drug-likeness (QED) is 0.828. The Morgan fingerprint density at radius 2 is 0.885 bits per heavy atom. The molecule has 0 spiro atoms. The highest BCUT2D eigenvalue weighted by atomic mass is 16.3. The van der Waals surface area contributed by atoms with E-state index in [1.54, 1.807) is 48.5 Å². The average molecular weight is 350 g/mol. The van der Waals surface area contributed by atoms with Gasteiger partial charge in [-0.05, 0) is 24.3 Å². The van der Waals surface area contributed by atoms with E-state index in [9.17, 15) is 24.3 Å². The maximum Gasteiger partial charge on any atom is 0.261 e. The molecule has 0 aromatic heterocycles. The predicted octanol–water partition coefficient (Wildman–Crippen LogP) is 0.940. The topological polar surface area (TPSA) is 95.0 Å². The van der Waals surface area contributed by atoms with Crippen LogP contribution in [0.15, 0.2) is 48.5 Å². The number of amides is 4. The second kappa shape index (κ2) is 5.89. The molecule has 0 bridgehead atoms. The van der Waals surface area contributed by atoms with Crippen molar-refractivity contribution in [3.63, 3.8) is 0 Å². The first-order valence-electron chi connectivity index (χ1n) is 8.07. The largest absolute Gasteiger partial charge is 0.389 e. The van der Waals surface area contributed by atoms with E-state index >= 15 is 0 Å². The van der Waals surface area contributed by atoms with Gasteiger partial charge in [0.2, 0.25) is 0 Å². The van der Waals surface area contributed by atoms with E-state index in [4.69, 9.17) is 0 Å². The first kappa shape index (κ1) is 16.2. The molecule has 0 aliphatic carbocycles. The van der Waals surface area contributed by atoms with Gasteiger partial charge in [-0.15, -0.1) is 0 Å². The van der Waals surface area contributed by atoms with Gasteiger partial charge in [-0.3, -0.25) is 29.0 Å². The van der Waals surface area contributed by atoms with Crippen molar-refractivity contribution in [2.75, 3.05) is 13.1 Å². The summed E-state index contributed by atoms with van der Waals surface area (Å²) < 4.78 is 0. The molecule has 7 nitrogen and oxygen atoms in total. The summed E-state index contributed by atoms with van der Waals surface area (Å²) in [6, 6.07) is 12.8. The molecule has 26 heavy (non-hydrogen) atoms. The second-order valence-electron chi connectivity index (χ2n) is 6.19. The van der Waals surface area contributed by atoms with Crippen molar-refractivity contribution >= 4 is 23.6 Å². The first-order chi connectivity index (χ1) is 12.5. The SMILES string of the molecule is O=C1c2ccccc2C(=O)N1CC(O)CN1C(=O)c2ccccc2C1=O. The van der Waals surface area contributed by atoms with E-state index in [0.717, 1.165) is 9.80 Å². The number of benzene rings is 2. The number of carbonyl (C=O) groups is 4. The number of hydrogen-bond donors (Lipinski definition) is 1. The molecule has 2 aromatic rings. The minimum atomic E-state index is -1.24. The number of nitrogens with zero attached hydrogens (tertiary/aromatic N) is 2. The van der Waals surface area contributed by atoms with E-state index in [2.05, 4.69) is 0 Å². The van der Waals surface area contributed by atoms with Gasteiger partial charge < -0.3 is 5.11 Å². The summed E-state index contributed by atoms with van der Waals surface area (Å²) in [6.45, 7) is -0.584. The van der Waals surface area contributed by atoms with Gasteiger partial charge in [0.1, 0.15) is 0 Å². The van der Waals surface area contributed by atoms with Crippen molar-refractivity contribution in [1.29, 1.82) is 0 Å². The number of rotatable bonds is 4. The van der Waals surface area contributed by atoms with E-state index < -0.39 is 29.7 Å². The van der Waals surface area contributed by atoms with Crippen molar-refractivity contribution in [2.24, 2.45) is 0 Å². The van der Waals surface area contributed by atoms with E-state index in [1.807, 2.05) is 0 Å². The third-order valence-electron chi connectivity index (χ3n) is 4.54. The molecule has 0 fully saturated rings. The molecule has 4 rings (SSSR count). The Balaban J connectivity index is 1.49. The molecule has 0 saturated carbocycles. The standard InChI is InChI=1S/C19H14N2O5/c22-11(9-20-16(23)12-5-1-2-6-13(12)17(20)24)10-21-18(25)14-7-3-4-8-15(14)19(21)26/h1-8,11,22H,9-10H2. The Labute approximate surface area is 148 Å². The summed E-state index contributed by atoms with van der Waals surface area (Å²) in [5, 5.41) is 10.3. The Bertz CT molecular complexity index is 820. The number of carbonyl (C=O) groups excluding carboxylic acids is 4. The zero-order valence-electron chi connectivity index (χ0n) is 13.6. The third-order valence-corrected chi connectivity index (χ3v) is 4.54. The van der Waals surface area contributed by atoms with Crippen LogP contribution in [0.4, 0.5) is 0 Å². The van der Waals surface area contributed by atoms with Crippen molar-refractivity contribution < 1.29 is 24.3 Å². The molecule has 4 amide bonds. The fraction of sp³-hybridized carbons (Fsp3) is 0.158. The Kier molecular flexibility index (Phi) is 3.66. The molecule has 7 heteroatoms. The van der Waals surface area contributed by atoms with Gasteiger partial charge in [0.15, 0.2) is 0 Å². The first-order valence-corrected chi connectivity index (χ1v) is 8.07. The number of β-amino-alcohol motifs (C(OH)–C–C–N with tert-alkyl or cyclic N) is 1. The fourth-order valence-corrected chi connectivity index (χ4v) is 3.29. The predicted molar refractivity (Wildman–Crippen MR) is 89.6 cm³/mol. The number of aliphatic hydroxyl groups excluding tert-OH is 1. The highest BCUT2D eigenvalue weighted by Gasteiger charge is 2.39. The van der Waals surface area contributed by atoms with Gasteiger partial charge in [-0.1, -0.05) is 24.3 Å². The van der Waals surface area contributed by atoms with E-state index in [1.165, 1.54) is 0 Å². The molecule has 130 valence electrons. The summed E-state index contributed by atoms with van der Waals surface area (Å²) in [5.74, 6) is -1.97. The normalized spacial score (nSPS) is 15.9. The van der Waals surface area contributed by atoms with E-state index in [-0.39, 0.29) is 35.3 Å². The Hall–Kier alpha value is -3.32. The van der Waals surface area contributed by atoms with Gasteiger partial charge in [0.05, 0.1) is 41.4 Å². The summed E-state index contributed by atoms with van der Waals surface area (Å²) in [7, 11) is 0. The van der Waals surface area contributed by atoms with Crippen LogP contribution in [0.1, 0.15) is 41.4 Å². The Morgan fingerprint density at radius 3 is 1.15 bits per heavy atom. The van der Waals surface area contributed by atoms with Crippen molar-refractivity contribution in [3.8, 4) is 0 Å². The lowest BCUT2D eigenvalue weighted by molar-refractivity contribution is 0.0428. The van der Waals surface area contributed by atoms with Crippen LogP contribution in [0.25, 0.3) is 0 Å². The summed E-state index contributed by atoms with van der Waals surface area (Å²) in [4.78, 5) is 51.2. The minimum absolute atomic E-state index is 0.283.